The third-order valence-electron chi connectivity index (χ3n) is 5.51. The quantitative estimate of drug-likeness (QED) is 0.845. The molecule has 116 valence electrons. The Balaban J connectivity index is 1.66. The summed E-state index contributed by atoms with van der Waals surface area (Å²) >= 11 is 0. The molecule has 0 amide bonds. The minimum atomic E-state index is -0.369. The number of hydrogen-bond donors (Lipinski definition) is 1. The van der Waals surface area contributed by atoms with E-state index in [2.05, 4.69) is 6.92 Å². The molecule has 3 saturated heterocycles. The van der Waals surface area contributed by atoms with E-state index in [4.69, 9.17) is 14.2 Å². The summed E-state index contributed by atoms with van der Waals surface area (Å²) in [5.74, 6) is 0.296. The second-order valence-electron chi connectivity index (χ2n) is 6.96. The van der Waals surface area contributed by atoms with Gasteiger partial charge in [-0.1, -0.05) is 0 Å². The highest BCUT2D eigenvalue weighted by Gasteiger charge is 2.46. The molecule has 0 aromatic carbocycles. The lowest BCUT2D eigenvalue weighted by atomic mass is 9.73. The molecule has 3 fully saturated rings. The van der Waals surface area contributed by atoms with Crippen LogP contribution in [0.2, 0.25) is 0 Å². The van der Waals surface area contributed by atoms with Gasteiger partial charge in [-0.15, -0.1) is 0 Å². The SMILES string of the molecule is CC1(C(O)C2CCOC3(CCOCC3)C2)CCCCO1. The fraction of sp³-hybridized carbons (Fsp3) is 1.00. The highest BCUT2D eigenvalue weighted by Crippen LogP contribution is 2.42. The van der Waals surface area contributed by atoms with Crippen LogP contribution in [0.3, 0.4) is 0 Å². The van der Waals surface area contributed by atoms with E-state index < -0.39 is 0 Å². The lowest BCUT2D eigenvalue weighted by Gasteiger charge is -2.48. The molecule has 0 bridgehead atoms. The van der Waals surface area contributed by atoms with Crippen LogP contribution in [0.15, 0.2) is 0 Å². The summed E-state index contributed by atoms with van der Waals surface area (Å²) in [4.78, 5) is 0. The van der Waals surface area contributed by atoms with Crippen LogP contribution >= 0.6 is 0 Å². The molecule has 3 aliphatic heterocycles. The number of rotatable bonds is 2. The molecular formula is C16H28O4. The van der Waals surface area contributed by atoms with Crippen molar-refractivity contribution in [3.8, 4) is 0 Å². The summed E-state index contributed by atoms with van der Waals surface area (Å²) in [5, 5.41) is 10.9. The third-order valence-corrected chi connectivity index (χ3v) is 5.51. The molecule has 3 unspecified atom stereocenters. The molecule has 0 saturated carbocycles. The van der Waals surface area contributed by atoms with E-state index >= 15 is 0 Å². The summed E-state index contributed by atoms with van der Waals surface area (Å²) in [6.45, 7) is 5.21. The lowest BCUT2D eigenvalue weighted by Crippen LogP contribution is -2.53. The lowest BCUT2D eigenvalue weighted by molar-refractivity contribution is -0.196. The van der Waals surface area contributed by atoms with Crippen LogP contribution in [0.5, 0.6) is 0 Å². The first-order chi connectivity index (χ1) is 9.64. The van der Waals surface area contributed by atoms with Crippen LogP contribution in [-0.2, 0) is 14.2 Å². The molecule has 0 aromatic rings. The van der Waals surface area contributed by atoms with Gasteiger partial charge in [0.15, 0.2) is 0 Å². The van der Waals surface area contributed by atoms with E-state index in [-0.39, 0.29) is 17.3 Å². The first-order valence-electron chi connectivity index (χ1n) is 8.17. The predicted octanol–water partition coefficient (Wildman–Crippen LogP) is 2.28. The number of ether oxygens (including phenoxy) is 3. The largest absolute Gasteiger partial charge is 0.390 e. The molecule has 0 aromatic heterocycles. The van der Waals surface area contributed by atoms with E-state index in [0.717, 1.165) is 71.4 Å². The first kappa shape index (κ1) is 14.8. The molecule has 3 atom stereocenters. The highest BCUT2D eigenvalue weighted by molar-refractivity contribution is 4.97. The normalized spacial score (nSPS) is 39.6. The van der Waals surface area contributed by atoms with Gasteiger partial charge < -0.3 is 19.3 Å². The summed E-state index contributed by atoms with van der Waals surface area (Å²) < 4.78 is 17.5. The maximum atomic E-state index is 10.9. The Morgan fingerprint density at radius 1 is 1.00 bits per heavy atom. The molecule has 0 aliphatic carbocycles. The molecule has 3 rings (SSSR count). The van der Waals surface area contributed by atoms with Gasteiger partial charge in [0, 0.05) is 26.4 Å². The fourth-order valence-electron chi connectivity index (χ4n) is 4.11. The maximum Gasteiger partial charge on any atom is 0.0914 e. The minimum Gasteiger partial charge on any atom is -0.390 e. The van der Waals surface area contributed by atoms with Crippen molar-refractivity contribution in [2.24, 2.45) is 5.92 Å². The molecule has 1 N–H and O–H groups in total. The first-order valence-corrected chi connectivity index (χ1v) is 8.17. The molecule has 0 radical (unpaired) electrons. The van der Waals surface area contributed by atoms with Gasteiger partial charge in [-0.05, 0) is 57.8 Å². The van der Waals surface area contributed by atoms with Crippen LogP contribution in [-0.4, -0.2) is 48.8 Å². The topological polar surface area (TPSA) is 47.9 Å². The molecule has 4 heteroatoms. The number of aliphatic hydroxyl groups is 1. The Morgan fingerprint density at radius 2 is 1.80 bits per heavy atom. The van der Waals surface area contributed by atoms with Crippen LogP contribution in [0, 0.1) is 5.92 Å². The van der Waals surface area contributed by atoms with Gasteiger partial charge in [-0.25, -0.2) is 0 Å². The van der Waals surface area contributed by atoms with Crippen molar-refractivity contribution in [3.05, 3.63) is 0 Å². The average molecular weight is 284 g/mol. The van der Waals surface area contributed by atoms with Gasteiger partial charge in [-0.3, -0.25) is 0 Å². The Bertz CT molecular complexity index is 300. The average Bonchev–Trinajstić information content (AvgIpc) is 2.48. The van der Waals surface area contributed by atoms with Crippen LogP contribution in [0.1, 0.15) is 51.9 Å². The van der Waals surface area contributed by atoms with Gasteiger partial charge >= 0.3 is 0 Å². The van der Waals surface area contributed by atoms with Crippen molar-refractivity contribution in [1.29, 1.82) is 0 Å². The molecule has 4 nitrogen and oxygen atoms in total. The molecule has 1 spiro atoms. The van der Waals surface area contributed by atoms with E-state index in [1.54, 1.807) is 0 Å². The van der Waals surface area contributed by atoms with E-state index in [1.165, 1.54) is 0 Å². The smallest absolute Gasteiger partial charge is 0.0914 e. The zero-order valence-corrected chi connectivity index (χ0v) is 12.6. The van der Waals surface area contributed by atoms with Gasteiger partial charge in [0.1, 0.15) is 0 Å². The molecule has 3 heterocycles. The highest BCUT2D eigenvalue weighted by atomic mass is 16.5. The number of aliphatic hydroxyl groups excluding tert-OH is 1. The zero-order valence-electron chi connectivity index (χ0n) is 12.6. The number of hydrogen-bond acceptors (Lipinski definition) is 4. The summed E-state index contributed by atoms with van der Waals surface area (Å²) in [7, 11) is 0. The maximum absolute atomic E-state index is 10.9. The summed E-state index contributed by atoms with van der Waals surface area (Å²) in [5.41, 5.74) is -0.403. The Kier molecular flexibility index (Phi) is 4.37. The predicted molar refractivity (Wildman–Crippen MR) is 75.7 cm³/mol. The zero-order chi connectivity index (χ0) is 14.1. The van der Waals surface area contributed by atoms with Crippen molar-refractivity contribution in [2.45, 2.75) is 69.2 Å². The van der Waals surface area contributed by atoms with Gasteiger partial charge in [0.05, 0.1) is 17.3 Å². The van der Waals surface area contributed by atoms with E-state index in [0.29, 0.717) is 5.92 Å². The minimum absolute atomic E-state index is 0.0484. The monoisotopic (exact) mass is 284 g/mol. The van der Waals surface area contributed by atoms with Crippen LogP contribution in [0.4, 0.5) is 0 Å². The molecule has 3 aliphatic rings. The van der Waals surface area contributed by atoms with Gasteiger partial charge in [0.25, 0.3) is 0 Å². The van der Waals surface area contributed by atoms with E-state index in [9.17, 15) is 5.11 Å². The van der Waals surface area contributed by atoms with Crippen molar-refractivity contribution in [2.75, 3.05) is 26.4 Å². The second kappa shape index (κ2) is 5.91. The van der Waals surface area contributed by atoms with Gasteiger partial charge in [-0.2, -0.15) is 0 Å². The van der Waals surface area contributed by atoms with Gasteiger partial charge in [0.2, 0.25) is 0 Å². The standard InChI is InChI=1S/C16H28O4/c1-15(5-2-3-8-19-15)14(17)13-4-9-20-16(12-13)6-10-18-11-7-16/h13-14,17H,2-12H2,1H3. The van der Waals surface area contributed by atoms with Crippen molar-refractivity contribution in [1.82, 2.24) is 0 Å². The Morgan fingerprint density at radius 3 is 2.50 bits per heavy atom. The van der Waals surface area contributed by atoms with Crippen LogP contribution in [0.25, 0.3) is 0 Å². The van der Waals surface area contributed by atoms with Crippen molar-refractivity contribution < 1.29 is 19.3 Å². The molecule has 20 heavy (non-hydrogen) atoms. The fourth-order valence-corrected chi connectivity index (χ4v) is 4.11. The van der Waals surface area contributed by atoms with Crippen molar-refractivity contribution in [3.63, 3.8) is 0 Å². The third kappa shape index (κ3) is 2.89. The van der Waals surface area contributed by atoms with Crippen LogP contribution < -0.4 is 0 Å². The molecular weight excluding hydrogens is 256 g/mol. The van der Waals surface area contributed by atoms with Crippen molar-refractivity contribution >= 4 is 0 Å². The summed E-state index contributed by atoms with van der Waals surface area (Å²) in [6.07, 6.45) is 6.72. The Labute approximate surface area is 121 Å². The van der Waals surface area contributed by atoms with E-state index in [1.807, 2.05) is 0 Å². The summed E-state index contributed by atoms with van der Waals surface area (Å²) in [6, 6.07) is 0. The second-order valence-corrected chi connectivity index (χ2v) is 6.96. The Hall–Kier alpha value is -0.160.